The van der Waals surface area contributed by atoms with Crippen LogP contribution in [-0.4, -0.2) is 26.6 Å². The van der Waals surface area contributed by atoms with Gasteiger partial charge < -0.3 is 15.7 Å². The molecule has 0 bridgehead atoms. The lowest BCUT2D eigenvalue weighted by molar-refractivity contribution is -0.128. The highest BCUT2D eigenvalue weighted by Crippen LogP contribution is 2.13. The van der Waals surface area contributed by atoms with Crippen LogP contribution in [0.4, 0.5) is 5.69 Å². The predicted molar refractivity (Wildman–Crippen MR) is 71.9 cm³/mol. The zero-order valence-electron chi connectivity index (χ0n) is 10.1. The molecular weight excluding hydrogens is 270 g/mol. The second kappa shape index (κ2) is 6.01. The van der Waals surface area contributed by atoms with E-state index in [1.807, 2.05) is 0 Å². The van der Waals surface area contributed by atoms with E-state index >= 15 is 0 Å². The zero-order valence-corrected chi connectivity index (χ0v) is 10.9. The number of nitrogens with zero attached hydrogens (tertiary/aromatic N) is 1. The molecule has 102 valence electrons. The molecule has 0 aliphatic heterocycles. The van der Waals surface area contributed by atoms with Crippen LogP contribution in [0.5, 0.6) is 0 Å². The van der Waals surface area contributed by atoms with E-state index in [-0.39, 0.29) is 5.96 Å². The summed E-state index contributed by atoms with van der Waals surface area (Å²) in [6, 6.07) is 6.60. The maximum absolute atomic E-state index is 11.1. The molecule has 8 heteroatoms. The van der Waals surface area contributed by atoms with Crippen molar-refractivity contribution in [1.82, 2.24) is 0 Å². The fraction of sp³-hybridized carbons (Fsp3) is 0.0909. The maximum Gasteiger partial charge on any atom is 0.346 e. The molecule has 0 fully saturated rings. The molecule has 7 nitrogen and oxygen atoms in total. The standard InChI is InChI=1S/C11H13N3O4S/c1-19(16,17)18-10(15)7-4-8-2-5-9(6-3-8)14-11(12)13/h2-7H,1H3,(H4,12,13,14). The highest BCUT2D eigenvalue weighted by molar-refractivity contribution is 7.86. The van der Waals surface area contributed by atoms with Crippen molar-refractivity contribution < 1.29 is 17.4 Å². The number of guanidine groups is 1. The summed E-state index contributed by atoms with van der Waals surface area (Å²) in [5.74, 6) is -1.02. The van der Waals surface area contributed by atoms with E-state index in [0.29, 0.717) is 11.3 Å². The Kier molecular flexibility index (Phi) is 4.65. The van der Waals surface area contributed by atoms with E-state index in [2.05, 4.69) is 9.18 Å². The summed E-state index contributed by atoms with van der Waals surface area (Å²) in [4.78, 5) is 14.9. The third-order valence-corrected chi connectivity index (χ3v) is 2.26. The van der Waals surface area contributed by atoms with Gasteiger partial charge in [-0.05, 0) is 23.8 Å². The molecule has 1 aromatic carbocycles. The lowest BCUT2D eigenvalue weighted by Gasteiger charge is -1.97. The second-order valence-electron chi connectivity index (χ2n) is 3.57. The fourth-order valence-corrected chi connectivity index (χ4v) is 1.50. The van der Waals surface area contributed by atoms with Gasteiger partial charge in [-0.25, -0.2) is 9.79 Å². The largest absolute Gasteiger partial charge is 0.370 e. The molecule has 1 aromatic rings. The average Bonchev–Trinajstić information content (AvgIpc) is 2.25. The molecule has 0 radical (unpaired) electrons. The van der Waals surface area contributed by atoms with Gasteiger partial charge in [0.25, 0.3) is 0 Å². The number of aliphatic imine (C=N–C) groups is 1. The van der Waals surface area contributed by atoms with Gasteiger partial charge in [0.05, 0.1) is 11.9 Å². The summed E-state index contributed by atoms with van der Waals surface area (Å²) in [5, 5.41) is 0. The van der Waals surface area contributed by atoms with Crippen molar-refractivity contribution in [3.63, 3.8) is 0 Å². The van der Waals surface area contributed by atoms with E-state index in [9.17, 15) is 13.2 Å². The number of carbonyl (C=O) groups is 1. The smallest absolute Gasteiger partial charge is 0.346 e. The minimum atomic E-state index is -3.79. The number of hydrogen-bond donors (Lipinski definition) is 2. The number of benzene rings is 1. The first-order chi connectivity index (χ1) is 8.76. The van der Waals surface area contributed by atoms with E-state index in [1.165, 1.54) is 6.08 Å². The minimum absolute atomic E-state index is 0.0555. The molecule has 0 spiro atoms. The molecule has 0 aromatic heterocycles. The number of nitrogens with two attached hydrogens (primary N) is 2. The molecule has 19 heavy (non-hydrogen) atoms. The summed E-state index contributed by atoms with van der Waals surface area (Å²) >= 11 is 0. The number of rotatable bonds is 4. The van der Waals surface area contributed by atoms with Gasteiger partial charge >= 0.3 is 16.1 Å². The topological polar surface area (TPSA) is 125 Å². The first-order valence-electron chi connectivity index (χ1n) is 5.07. The Morgan fingerprint density at radius 1 is 1.26 bits per heavy atom. The normalized spacial score (nSPS) is 11.2. The molecule has 0 amide bonds. The monoisotopic (exact) mass is 283 g/mol. The highest BCUT2D eigenvalue weighted by atomic mass is 32.2. The quantitative estimate of drug-likeness (QED) is 0.349. The van der Waals surface area contributed by atoms with E-state index in [4.69, 9.17) is 11.5 Å². The Labute approximate surface area is 110 Å². The molecule has 0 saturated heterocycles. The number of hydrogen-bond acceptors (Lipinski definition) is 5. The molecular formula is C11H13N3O4S. The van der Waals surface area contributed by atoms with Gasteiger partial charge in [-0.1, -0.05) is 12.1 Å². The molecule has 1 rings (SSSR count). The van der Waals surface area contributed by atoms with Gasteiger partial charge in [0.1, 0.15) is 0 Å². The van der Waals surface area contributed by atoms with Crippen LogP contribution >= 0.6 is 0 Å². The highest BCUT2D eigenvalue weighted by Gasteiger charge is 2.06. The molecule has 0 aliphatic carbocycles. The molecule has 0 unspecified atom stereocenters. The van der Waals surface area contributed by atoms with E-state index in [0.717, 1.165) is 12.3 Å². The van der Waals surface area contributed by atoms with Crippen LogP contribution in [0.15, 0.2) is 35.3 Å². The third kappa shape index (κ3) is 6.22. The Morgan fingerprint density at radius 2 is 1.84 bits per heavy atom. The molecule has 4 N–H and O–H groups in total. The van der Waals surface area contributed by atoms with Gasteiger partial charge in [0.2, 0.25) is 0 Å². The summed E-state index contributed by atoms with van der Waals surface area (Å²) in [5.41, 5.74) is 11.7. The summed E-state index contributed by atoms with van der Waals surface area (Å²) < 4.78 is 25.5. The van der Waals surface area contributed by atoms with Gasteiger partial charge in [-0.2, -0.15) is 8.42 Å². The van der Waals surface area contributed by atoms with Crippen LogP contribution < -0.4 is 11.5 Å². The Hall–Kier alpha value is -2.35. The van der Waals surface area contributed by atoms with Gasteiger partial charge in [0, 0.05) is 6.08 Å². The van der Waals surface area contributed by atoms with Crippen molar-refractivity contribution in [1.29, 1.82) is 0 Å². The van der Waals surface area contributed by atoms with Crippen molar-refractivity contribution >= 4 is 33.8 Å². The Bertz CT molecular complexity index is 614. The van der Waals surface area contributed by atoms with E-state index < -0.39 is 16.1 Å². The summed E-state index contributed by atoms with van der Waals surface area (Å²) in [7, 11) is -3.79. The van der Waals surface area contributed by atoms with Crippen molar-refractivity contribution in [3.05, 3.63) is 35.9 Å². The van der Waals surface area contributed by atoms with Crippen LogP contribution in [0.1, 0.15) is 5.56 Å². The summed E-state index contributed by atoms with van der Waals surface area (Å²) in [6.45, 7) is 0. The predicted octanol–water partition coefficient (Wildman–Crippen LogP) is 0.108. The van der Waals surface area contributed by atoms with Crippen LogP contribution in [0.3, 0.4) is 0 Å². The van der Waals surface area contributed by atoms with Crippen molar-refractivity contribution in [3.8, 4) is 0 Å². The fourth-order valence-electron chi connectivity index (χ4n) is 1.15. The SMILES string of the molecule is CS(=O)(=O)OC(=O)C=Cc1ccc(N=C(N)N)cc1. The van der Waals surface area contributed by atoms with Crippen LogP contribution in [0, 0.1) is 0 Å². The molecule has 0 aliphatic rings. The first kappa shape index (κ1) is 14.7. The van der Waals surface area contributed by atoms with Crippen molar-refractivity contribution in [2.24, 2.45) is 16.5 Å². The van der Waals surface area contributed by atoms with Gasteiger partial charge in [-0.15, -0.1) is 0 Å². The van der Waals surface area contributed by atoms with Crippen LogP contribution in [0.2, 0.25) is 0 Å². The third-order valence-electron chi connectivity index (χ3n) is 1.80. The summed E-state index contributed by atoms with van der Waals surface area (Å²) in [6.07, 6.45) is 3.21. The number of carbonyl (C=O) groups excluding carboxylic acids is 1. The maximum atomic E-state index is 11.1. The van der Waals surface area contributed by atoms with Crippen LogP contribution in [0.25, 0.3) is 6.08 Å². The van der Waals surface area contributed by atoms with E-state index in [1.54, 1.807) is 24.3 Å². The van der Waals surface area contributed by atoms with Crippen molar-refractivity contribution in [2.45, 2.75) is 0 Å². The van der Waals surface area contributed by atoms with Gasteiger partial charge in [-0.3, -0.25) is 0 Å². The second-order valence-corrected chi connectivity index (χ2v) is 5.14. The lowest BCUT2D eigenvalue weighted by atomic mass is 10.2. The first-order valence-corrected chi connectivity index (χ1v) is 6.89. The molecule has 0 heterocycles. The van der Waals surface area contributed by atoms with Crippen LogP contribution in [-0.2, 0) is 19.1 Å². The average molecular weight is 283 g/mol. The molecule has 0 saturated carbocycles. The lowest BCUT2D eigenvalue weighted by Crippen LogP contribution is -2.21. The van der Waals surface area contributed by atoms with Gasteiger partial charge in [0.15, 0.2) is 5.96 Å². The Balaban J connectivity index is 2.73. The zero-order chi connectivity index (χ0) is 14.5. The minimum Gasteiger partial charge on any atom is -0.370 e. The van der Waals surface area contributed by atoms with Crippen molar-refractivity contribution in [2.75, 3.05) is 6.26 Å². The Morgan fingerprint density at radius 3 is 2.32 bits per heavy atom. The molecule has 0 atom stereocenters.